The van der Waals surface area contributed by atoms with Gasteiger partial charge in [0.25, 0.3) is 0 Å². The Labute approximate surface area is 145 Å². The molecule has 1 aromatic rings. The maximum atomic E-state index is 12.9. The number of nitrogens with one attached hydrogen (secondary N) is 1. The standard InChI is InChI=1S/C19H19ClN2O2/c1-9-2-3-10(20)6-15(9)21-8-22-18(23)16-11-4-5-12(14-7-13(11)14)17(16)19(22)24/h2-6,11-14,16-17,21H,7-8H2,1H3/t11-,12-,13-,14+,16+,17-/m1/s1. The number of halogens is 1. The minimum atomic E-state index is -0.126. The van der Waals surface area contributed by atoms with Crippen molar-refractivity contribution in [1.29, 1.82) is 0 Å². The fraction of sp³-hybridized carbons (Fsp3) is 0.474. The third-order valence-corrected chi connectivity index (χ3v) is 6.62. The normalized spacial score (nSPS) is 38.3. The molecule has 5 heteroatoms. The zero-order chi connectivity index (χ0) is 16.6. The van der Waals surface area contributed by atoms with Gasteiger partial charge in [0, 0.05) is 10.7 Å². The van der Waals surface area contributed by atoms with Gasteiger partial charge >= 0.3 is 0 Å². The van der Waals surface area contributed by atoms with Gasteiger partial charge in [-0.2, -0.15) is 0 Å². The average Bonchev–Trinajstić information content (AvgIpc) is 3.35. The lowest BCUT2D eigenvalue weighted by Gasteiger charge is -2.37. The number of likely N-dealkylation sites (tertiary alicyclic amines) is 1. The van der Waals surface area contributed by atoms with E-state index in [4.69, 9.17) is 11.6 Å². The van der Waals surface area contributed by atoms with Gasteiger partial charge in [0.1, 0.15) is 0 Å². The molecule has 6 rings (SSSR count). The number of amides is 2. The fourth-order valence-corrected chi connectivity index (χ4v) is 5.30. The maximum Gasteiger partial charge on any atom is 0.235 e. The lowest BCUT2D eigenvalue weighted by Crippen LogP contribution is -2.40. The molecule has 0 radical (unpaired) electrons. The van der Waals surface area contributed by atoms with Crippen LogP contribution in [0.15, 0.2) is 30.4 Å². The number of anilines is 1. The molecule has 0 unspecified atom stereocenters. The highest BCUT2D eigenvalue weighted by Crippen LogP contribution is 2.65. The van der Waals surface area contributed by atoms with Gasteiger partial charge in [-0.15, -0.1) is 0 Å². The average molecular weight is 343 g/mol. The van der Waals surface area contributed by atoms with Crippen molar-refractivity contribution in [2.24, 2.45) is 35.5 Å². The second-order valence-corrected chi connectivity index (χ2v) is 7.99. The van der Waals surface area contributed by atoms with Crippen molar-refractivity contribution in [2.75, 3.05) is 12.0 Å². The first-order valence-corrected chi connectivity index (χ1v) is 8.97. The summed E-state index contributed by atoms with van der Waals surface area (Å²) in [5.41, 5.74) is 1.90. The Morgan fingerprint density at radius 3 is 2.38 bits per heavy atom. The largest absolute Gasteiger partial charge is 0.367 e. The molecule has 1 heterocycles. The van der Waals surface area contributed by atoms with E-state index in [9.17, 15) is 9.59 Å². The number of aryl methyl sites for hydroxylation is 1. The molecule has 1 saturated heterocycles. The van der Waals surface area contributed by atoms with E-state index in [1.165, 1.54) is 11.3 Å². The van der Waals surface area contributed by atoms with Crippen LogP contribution in [0.2, 0.25) is 5.02 Å². The van der Waals surface area contributed by atoms with Crippen LogP contribution >= 0.6 is 11.6 Å². The van der Waals surface area contributed by atoms with E-state index < -0.39 is 0 Å². The molecule has 1 N–H and O–H groups in total. The Balaban J connectivity index is 1.38. The predicted octanol–water partition coefficient (Wildman–Crippen LogP) is 3.07. The summed E-state index contributed by atoms with van der Waals surface area (Å²) < 4.78 is 0. The lowest BCUT2D eigenvalue weighted by molar-refractivity contribution is -0.139. The maximum absolute atomic E-state index is 12.9. The Morgan fingerprint density at radius 2 is 1.75 bits per heavy atom. The Morgan fingerprint density at radius 1 is 1.12 bits per heavy atom. The fourth-order valence-electron chi connectivity index (χ4n) is 5.12. The highest BCUT2D eigenvalue weighted by Gasteiger charge is 2.66. The monoisotopic (exact) mass is 342 g/mol. The molecule has 6 atom stereocenters. The van der Waals surface area contributed by atoms with Gasteiger partial charge in [0.05, 0.1) is 18.5 Å². The molecule has 1 aromatic carbocycles. The number of hydrogen-bond acceptors (Lipinski definition) is 3. The second kappa shape index (κ2) is 4.85. The molecule has 1 aliphatic heterocycles. The molecular formula is C19H19ClN2O2. The van der Waals surface area contributed by atoms with Crippen LogP contribution in [0, 0.1) is 42.4 Å². The lowest BCUT2D eigenvalue weighted by atomic mass is 9.63. The number of imide groups is 1. The Bertz CT molecular complexity index is 754. The zero-order valence-corrected chi connectivity index (χ0v) is 14.2. The van der Waals surface area contributed by atoms with Crippen molar-refractivity contribution in [2.45, 2.75) is 13.3 Å². The topological polar surface area (TPSA) is 49.4 Å². The van der Waals surface area contributed by atoms with Crippen LogP contribution in [-0.4, -0.2) is 23.4 Å². The number of benzene rings is 1. The van der Waals surface area contributed by atoms with Gasteiger partial charge in [-0.3, -0.25) is 14.5 Å². The van der Waals surface area contributed by atoms with E-state index in [1.807, 2.05) is 25.1 Å². The third-order valence-electron chi connectivity index (χ3n) is 6.38. The summed E-state index contributed by atoms with van der Waals surface area (Å²) in [5.74, 6) is 1.58. The van der Waals surface area contributed by atoms with Crippen LogP contribution in [-0.2, 0) is 9.59 Å². The SMILES string of the molecule is Cc1ccc(Cl)cc1NCN1C(=O)[C@@H]2[C@@H]3C=C[C@H]([C@H]4C[C@@H]34)[C@@H]2C1=O. The summed E-state index contributed by atoms with van der Waals surface area (Å²) in [6, 6.07) is 5.59. The number of rotatable bonds is 3. The zero-order valence-electron chi connectivity index (χ0n) is 13.4. The molecule has 5 aliphatic rings. The molecular weight excluding hydrogens is 324 g/mol. The summed E-state index contributed by atoms with van der Waals surface area (Å²) in [5, 5.41) is 3.86. The van der Waals surface area contributed by atoms with E-state index in [-0.39, 0.29) is 42.2 Å². The molecule has 0 aromatic heterocycles. The quantitative estimate of drug-likeness (QED) is 0.678. The molecule has 2 amide bonds. The van der Waals surface area contributed by atoms with Gasteiger partial charge in [0.2, 0.25) is 11.8 Å². The third kappa shape index (κ3) is 1.86. The first-order chi connectivity index (χ1) is 11.6. The summed E-state index contributed by atoms with van der Waals surface area (Å²) in [7, 11) is 0. The second-order valence-electron chi connectivity index (χ2n) is 7.55. The van der Waals surface area contributed by atoms with Crippen molar-refractivity contribution in [3.63, 3.8) is 0 Å². The van der Waals surface area contributed by atoms with Crippen LogP contribution < -0.4 is 5.32 Å². The van der Waals surface area contributed by atoms with E-state index in [2.05, 4.69) is 17.5 Å². The van der Waals surface area contributed by atoms with Crippen LogP contribution in [0.3, 0.4) is 0 Å². The van der Waals surface area contributed by atoms with Gasteiger partial charge in [-0.05, 0) is 54.7 Å². The highest BCUT2D eigenvalue weighted by atomic mass is 35.5. The van der Waals surface area contributed by atoms with Crippen molar-refractivity contribution < 1.29 is 9.59 Å². The van der Waals surface area contributed by atoms with Crippen LogP contribution in [0.4, 0.5) is 5.69 Å². The van der Waals surface area contributed by atoms with Crippen molar-refractivity contribution in [3.8, 4) is 0 Å². The highest BCUT2D eigenvalue weighted by molar-refractivity contribution is 6.30. The molecule has 4 aliphatic carbocycles. The molecule has 0 spiro atoms. The number of nitrogens with zero attached hydrogens (tertiary/aromatic N) is 1. The summed E-state index contributed by atoms with van der Waals surface area (Å²) in [6.45, 7) is 2.20. The van der Waals surface area contributed by atoms with E-state index in [0.717, 1.165) is 11.3 Å². The molecule has 124 valence electrons. The number of carbonyl (C=O) groups is 2. The van der Waals surface area contributed by atoms with Gasteiger partial charge in [0.15, 0.2) is 0 Å². The van der Waals surface area contributed by atoms with E-state index >= 15 is 0 Å². The summed E-state index contributed by atoms with van der Waals surface area (Å²) in [6.07, 6.45) is 5.59. The van der Waals surface area contributed by atoms with Crippen molar-refractivity contribution >= 4 is 29.1 Å². The van der Waals surface area contributed by atoms with E-state index in [0.29, 0.717) is 16.9 Å². The molecule has 24 heavy (non-hydrogen) atoms. The first kappa shape index (κ1) is 14.5. The van der Waals surface area contributed by atoms with Crippen LogP contribution in [0.1, 0.15) is 12.0 Å². The van der Waals surface area contributed by atoms with Gasteiger partial charge in [-0.25, -0.2) is 0 Å². The van der Waals surface area contributed by atoms with Crippen LogP contribution in [0.25, 0.3) is 0 Å². The van der Waals surface area contributed by atoms with Crippen molar-refractivity contribution in [1.82, 2.24) is 4.90 Å². The summed E-state index contributed by atoms with van der Waals surface area (Å²) >= 11 is 6.04. The van der Waals surface area contributed by atoms with Crippen molar-refractivity contribution in [3.05, 3.63) is 40.9 Å². The number of hydrogen-bond donors (Lipinski definition) is 1. The molecule has 3 fully saturated rings. The minimum Gasteiger partial charge on any atom is -0.367 e. The van der Waals surface area contributed by atoms with Gasteiger partial charge in [-0.1, -0.05) is 29.8 Å². The smallest absolute Gasteiger partial charge is 0.235 e. The van der Waals surface area contributed by atoms with E-state index in [1.54, 1.807) is 0 Å². The Hall–Kier alpha value is -1.81. The minimum absolute atomic E-state index is 0.00174. The Kier molecular flexibility index (Phi) is 2.94. The summed E-state index contributed by atoms with van der Waals surface area (Å²) in [4.78, 5) is 27.2. The predicted molar refractivity (Wildman–Crippen MR) is 91.2 cm³/mol. The first-order valence-electron chi connectivity index (χ1n) is 8.60. The van der Waals surface area contributed by atoms with Gasteiger partial charge < -0.3 is 5.32 Å². The molecule has 2 bridgehead atoms. The number of allylic oxidation sites excluding steroid dienone is 2. The van der Waals surface area contributed by atoms with Crippen LogP contribution in [0.5, 0.6) is 0 Å². The molecule has 4 nitrogen and oxygen atoms in total. The molecule has 2 saturated carbocycles. The number of carbonyl (C=O) groups excluding carboxylic acids is 2.